The highest BCUT2D eigenvalue weighted by molar-refractivity contribution is 5.92. The molecule has 4 nitrogen and oxygen atoms in total. The van der Waals surface area contributed by atoms with Crippen molar-refractivity contribution in [1.29, 1.82) is 0 Å². The largest absolute Gasteiger partial charge is 0.476 e. The highest BCUT2D eigenvalue weighted by Crippen LogP contribution is 2.24. The van der Waals surface area contributed by atoms with Gasteiger partial charge in [-0.3, -0.25) is 0 Å². The molecule has 0 amide bonds. The number of nitrogens with two attached hydrogens (primary N) is 1. The van der Waals surface area contributed by atoms with Gasteiger partial charge in [0.1, 0.15) is 5.82 Å². The summed E-state index contributed by atoms with van der Waals surface area (Å²) in [6.45, 7) is 0. The SMILES string of the molecule is Nc1cc(-c2ccccc2F)cnc1C(=O)O. The molecule has 5 heteroatoms. The number of nitrogen functional groups attached to an aromatic ring is 1. The lowest BCUT2D eigenvalue weighted by atomic mass is 10.1. The Morgan fingerprint density at radius 1 is 1.35 bits per heavy atom. The molecule has 3 N–H and O–H groups in total. The zero-order valence-electron chi connectivity index (χ0n) is 8.72. The van der Waals surface area contributed by atoms with Crippen LogP contribution in [0.1, 0.15) is 10.5 Å². The first kappa shape index (κ1) is 11.1. The smallest absolute Gasteiger partial charge is 0.356 e. The molecule has 2 rings (SSSR count). The van der Waals surface area contributed by atoms with Crippen LogP contribution in [0.3, 0.4) is 0 Å². The van der Waals surface area contributed by atoms with Gasteiger partial charge in [0, 0.05) is 17.3 Å². The van der Waals surface area contributed by atoms with Gasteiger partial charge in [0.25, 0.3) is 0 Å². The summed E-state index contributed by atoms with van der Waals surface area (Å²) in [6.07, 6.45) is 1.29. The molecule has 1 aromatic heterocycles. The Morgan fingerprint density at radius 3 is 2.65 bits per heavy atom. The second-order valence-corrected chi connectivity index (χ2v) is 3.45. The first-order valence-electron chi connectivity index (χ1n) is 4.83. The van der Waals surface area contributed by atoms with E-state index in [9.17, 15) is 9.18 Å². The van der Waals surface area contributed by atoms with Crippen molar-refractivity contribution in [1.82, 2.24) is 4.98 Å². The predicted octanol–water partition coefficient (Wildman–Crippen LogP) is 2.17. The predicted molar refractivity (Wildman–Crippen MR) is 61.0 cm³/mol. The Kier molecular flexibility index (Phi) is 2.74. The average Bonchev–Trinajstić information content (AvgIpc) is 2.29. The van der Waals surface area contributed by atoms with Crippen molar-refractivity contribution in [3.8, 4) is 11.1 Å². The number of anilines is 1. The van der Waals surface area contributed by atoms with Gasteiger partial charge >= 0.3 is 5.97 Å². The lowest BCUT2D eigenvalue weighted by Crippen LogP contribution is -2.05. The van der Waals surface area contributed by atoms with E-state index in [1.807, 2.05) is 0 Å². The molecule has 0 radical (unpaired) electrons. The highest BCUT2D eigenvalue weighted by atomic mass is 19.1. The third-order valence-corrected chi connectivity index (χ3v) is 2.30. The fourth-order valence-electron chi connectivity index (χ4n) is 1.50. The van der Waals surface area contributed by atoms with Crippen LogP contribution in [0.2, 0.25) is 0 Å². The molecule has 0 saturated carbocycles. The Balaban J connectivity index is 2.52. The maximum atomic E-state index is 13.5. The van der Waals surface area contributed by atoms with Crippen LogP contribution in [0.15, 0.2) is 36.5 Å². The van der Waals surface area contributed by atoms with Crippen molar-refractivity contribution >= 4 is 11.7 Å². The van der Waals surface area contributed by atoms with Crippen molar-refractivity contribution in [2.75, 3.05) is 5.73 Å². The maximum absolute atomic E-state index is 13.5. The molecule has 0 bridgehead atoms. The normalized spacial score (nSPS) is 10.2. The molecular formula is C12H9FN2O2. The van der Waals surface area contributed by atoms with E-state index in [4.69, 9.17) is 10.8 Å². The van der Waals surface area contributed by atoms with E-state index in [1.165, 1.54) is 18.3 Å². The quantitative estimate of drug-likeness (QED) is 0.831. The number of benzene rings is 1. The van der Waals surface area contributed by atoms with Crippen LogP contribution in [-0.2, 0) is 0 Å². The zero-order chi connectivity index (χ0) is 12.4. The summed E-state index contributed by atoms with van der Waals surface area (Å²) in [7, 11) is 0. The topological polar surface area (TPSA) is 76.2 Å². The van der Waals surface area contributed by atoms with Gasteiger partial charge in [-0.1, -0.05) is 18.2 Å². The van der Waals surface area contributed by atoms with Crippen molar-refractivity contribution in [2.24, 2.45) is 0 Å². The van der Waals surface area contributed by atoms with Gasteiger partial charge in [-0.15, -0.1) is 0 Å². The van der Waals surface area contributed by atoms with Crippen LogP contribution in [0.25, 0.3) is 11.1 Å². The van der Waals surface area contributed by atoms with Crippen molar-refractivity contribution in [3.05, 3.63) is 48.0 Å². The van der Waals surface area contributed by atoms with Crippen LogP contribution in [0, 0.1) is 5.82 Å². The Bertz CT molecular complexity index is 584. The number of rotatable bonds is 2. The monoisotopic (exact) mass is 232 g/mol. The van der Waals surface area contributed by atoms with Crippen LogP contribution in [-0.4, -0.2) is 16.1 Å². The standard InChI is InChI=1S/C12H9FN2O2/c13-9-4-2-1-3-8(9)7-5-10(14)11(12(16)17)15-6-7/h1-6H,14H2,(H,16,17). The number of hydrogen-bond donors (Lipinski definition) is 2. The van der Waals surface area contributed by atoms with E-state index in [1.54, 1.807) is 18.2 Å². The van der Waals surface area contributed by atoms with E-state index in [0.717, 1.165) is 0 Å². The zero-order valence-corrected chi connectivity index (χ0v) is 8.72. The van der Waals surface area contributed by atoms with E-state index in [2.05, 4.69) is 4.98 Å². The third-order valence-electron chi connectivity index (χ3n) is 2.30. The van der Waals surface area contributed by atoms with Crippen LogP contribution < -0.4 is 5.73 Å². The summed E-state index contributed by atoms with van der Waals surface area (Å²) in [5.41, 5.74) is 6.11. The second kappa shape index (κ2) is 4.21. The number of carboxylic acid groups (broad SMARTS) is 1. The summed E-state index contributed by atoms with van der Waals surface area (Å²) in [5, 5.41) is 8.77. The molecule has 0 spiro atoms. The fraction of sp³-hybridized carbons (Fsp3) is 0. The Labute approximate surface area is 96.5 Å². The minimum Gasteiger partial charge on any atom is -0.476 e. The maximum Gasteiger partial charge on any atom is 0.356 e. The lowest BCUT2D eigenvalue weighted by Gasteiger charge is -2.05. The molecule has 1 aromatic carbocycles. The summed E-state index contributed by atoms with van der Waals surface area (Å²) in [5.74, 6) is -1.61. The average molecular weight is 232 g/mol. The fourth-order valence-corrected chi connectivity index (χ4v) is 1.50. The number of aromatic carboxylic acids is 1. The third kappa shape index (κ3) is 2.08. The van der Waals surface area contributed by atoms with Crippen molar-refractivity contribution in [3.63, 3.8) is 0 Å². The van der Waals surface area contributed by atoms with Gasteiger partial charge in [0.2, 0.25) is 0 Å². The molecule has 1 heterocycles. The highest BCUT2D eigenvalue weighted by Gasteiger charge is 2.12. The van der Waals surface area contributed by atoms with Gasteiger partial charge in [0.15, 0.2) is 5.69 Å². The Morgan fingerprint density at radius 2 is 2.06 bits per heavy atom. The molecule has 0 aliphatic heterocycles. The molecule has 86 valence electrons. The van der Waals surface area contributed by atoms with E-state index in [0.29, 0.717) is 11.1 Å². The first-order chi connectivity index (χ1) is 8.09. The summed E-state index contributed by atoms with van der Waals surface area (Å²) in [4.78, 5) is 14.4. The van der Waals surface area contributed by atoms with Crippen molar-refractivity contribution in [2.45, 2.75) is 0 Å². The number of carbonyl (C=O) groups is 1. The van der Waals surface area contributed by atoms with Gasteiger partial charge in [0.05, 0.1) is 5.69 Å². The summed E-state index contributed by atoms with van der Waals surface area (Å²) >= 11 is 0. The second-order valence-electron chi connectivity index (χ2n) is 3.45. The minimum atomic E-state index is -1.21. The summed E-state index contributed by atoms with van der Waals surface area (Å²) in [6, 6.07) is 7.54. The number of carboxylic acids is 1. The van der Waals surface area contributed by atoms with Crippen LogP contribution in [0.4, 0.5) is 10.1 Å². The molecule has 17 heavy (non-hydrogen) atoms. The van der Waals surface area contributed by atoms with E-state index < -0.39 is 11.8 Å². The lowest BCUT2D eigenvalue weighted by molar-refractivity contribution is 0.0692. The Hall–Kier alpha value is -2.43. The number of halogens is 1. The number of pyridine rings is 1. The molecular weight excluding hydrogens is 223 g/mol. The van der Waals surface area contributed by atoms with Gasteiger partial charge in [-0.05, 0) is 12.1 Å². The van der Waals surface area contributed by atoms with Gasteiger partial charge in [-0.2, -0.15) is 0 Å². The minimum absolute atomic E-state index is 0.0123. The molecule has 0 saturated heterocycles. The summed E-state index contributed by atoms with van der Waals surface area (Å²) < 4.78 is 13.5. The van der Waals surface area contributed by atoms with Gasteiger partial charge < -0.3 is 10.8 Å². The van der Waals surface area contributed by atoms with Crippen molar-refractivity contribution < 1.29 is 14.3 Å². The van der Waals surface area contributed by atoms with Crippen LogP contribution in [0.5, 0.6) is 0 Å². The van der Waals surface area contributed by atoms with E-state index >= 15 is 0 Å². The van der Waals surface area contributed by atoms with Gasteiger partial charge in [-0.25, -0.2) is 14.2 Å². The first-order valence-corrected chi connectivity index (χ1v) is 4.83. The molecule has 0 fully saturated rings. The van der Waals surface area contributed by atoms with E-state index in [-0.39, 0.29) is 11.4 Å². The number of nitrogens with zero attached hydrogens (tertiary/aromatic N) is 1. The molecule has 2 aromatic rings. The number of aromatic nitrogens is 1. The molecule has 0 aliphatic carbocycles. The molecule has 0 atom stereocenters. The van der Waals surface area contributed by atoms with Crippen LogP contribution >= 0.6 is 0 Å². The molecule has 0 unspecified atom stereocenters. The number of hydrogen-bond acceptors (Lipinski definition) is 3. The molecule has 0 aliphatic rings.